The van der Waals surface area contributed by atoms with Gasteiger partial charge in [0.05, 0.1) is 12.2 Å². The standard InChI is InChI=1S/C24H40O3/c1-5-12-27-22-14-24(4)16(13-21(22)26)6-7-17-19-9-8-18(15(2)25)23(19,3)11-10-20(17)24/h16-22,26H,5-14H2,1-4H3/t16?,17-,18+,19-,20-,21?,22?,23+,24-/m0/s1. The van der Waals surface area contributed by atoms with Crippen molar-refractivity contribution in [2.75, 3.05) is 6.61 Å². The van der Waals surface area contributed by atoms with E-state index in [-0.39, 0.29) is 17.6 Å². The van der Waals surface area contributed by atoms with Crippen LogP contribution in [0.25, 0.3) is 0 Å². The summed E-state index contributed by atoms with van der Waals surface area (Å²) >= 11 is 0. The van der Waals surface area contributed by atoms with Gasteiger partial charge in [-0.15, -0.1) is 0 Å². The molecule has 3 unspecified atom stereocenters. The number of Topliss-reactive ketones (excluding diaryl/α,β-unsaturated/α-hetero) is 1. The summed E-state index contributed by atoms with van der Waals surface area (Å²) in [4.78, 5) is 12.3. The van der Waals surface area contributed by atoms with Gasteiger partial charge in [-0.1, -0.05) is 20.8 Å². The summed E-state index contributed by atoms with van der Waals surface area (Å²) in [6.07, 6.45) is 10.1. The third-order valence-electron chi connectivity index (χ3n) is 9.69. The van der Waals surface area contributed by atoms with Gasteiger partial charge in [0.2, 0.25) is 0 Å². The molecule has 4 aliphatic carbocycles. The lowest BCUT2D eigenvalue weighted by Gasteiger charge is -2.61. The Morgan fingerprint density at radius 3 is 2.52 bits per heavy atom. The van der Waals surface area contributed by atoms with Crippen molar-refractivity contribution in [1.82, 2.24) is 0 Å². The second kappa shape index (κ2) is 7.13. The van der Waals surface area contributed by atoms with E-state index in [0.717, 1.165) is 50.0 Å². The number of ether oxygens (including phenoxy) is 1. The summed E-state index contributed by atoms with van der Waals surface area (Å²) in [6.45, 7) is 9.67. The molecule has 0 aromatic heterocycles. The van der Waals surface area contributed by atoms with Crippen LogP contribution >= 0.6 is 0 Å². The van der Waals surface area contributed by atoms with Crippen LogP contribution in [0.15, 0.2) is 0 Å². The van der Waals surface area contributed by atoms with Crippen molar-refractivity contribution in [2.24, 2.45) is 40.4 Å². The summed E-state index contributed by atoms with van der Waals surface area (Å²) in [7, 11) is 0. The van der Waals surface area contributed by atoms with Crippen molar-refractivity contribution < 1.29 is 14.6 Å². The van der Waals surface area contributed by atoms with Crippen molar-refractivity contribution in [2.45, 2.75) is 97.7 Å². The zero-order valence-electron chi connectivity index (χ0n) is 17.9. The Morgan fingerprint density at radius 2 is 1.81 bits per heavy atom. The molecule has 0 spiro atoms. The zero-order valence-corrected chi connectivity index (χ0v) is 17.9. The fraction of sp³-hybridized carbons (Fsp3) is 0.958. The Balaban J connectivity index is 1.57. The maximum atomic E-state index is 12.3. The summed E-state index contributed by atoms with van der Waals surface area (Å²) in [5.74, 6) is 3.61. The second-order valence-corrected chi connectivity index (χ2v) is 10.9. The van der Waals surface area contributed by atoms with Gasteiger partial charge >= 0.3 is 0 Å². The van der Waals surface area contributed by atoms with Gasteiger partial charge in [0.15, 0.2) is 0 Å². The molecule has 4 saturated carbocycles. The number of rotatable bonds is 4. The molecule has 154 valence electrons. The van der Waals surface area contributed by atoms with Crippen molar-refractivity contribution in [3.05, 3.63) is 0 Å². The van der Waals surface area contributed by atoms with Gasteiger partial charge < -0.3 is 9.84 Å². The van der Waals surface area contributed by atoms with Crippen LogP contribution in [-0.4, -0.2) is 29.7 Å². The van der Waals surface area contributed by atoms with Crippen LogP contribution in [-0.2, 0) is 9.53 Å². The minimum absolute atomic E-state index is 0.0202. The predicted octanol–water partition coefficient (Wildman–Crippen LogP) is 5.00. The number of ketones is 1. The third-order valence-corrected chi connectivity index (χ3v) is 9.69. The van der Waals surface area contributed by atoms with E-state index in [2.05, 4.69) is 20.8 Å². The zero-order chi connectivity index (χ0) is 19.4. The van der Waals surface area contributed by atoms with Gasteiger partial charge in [-0.2, -0.15) is 0 Å². The van der Waals surface area contributed by atoms with Crippen LogP contribution in [0, 0.1) is 40.4 Å². The number of hydrogen-bond acceptors (Lipinski definition) is 3. The molecule has 4 rings (SSSR count). The van der Waals surface area contributed by atoms with Crippen molar-refractivity contribution in [3.63, 3.8) is 0 Å². The Kier molecular flexibility index (Phi) is 5.25. The summed E-state index contributed by atoms with van der Waals surface area (Å²) in [5.41, 5.74) is 0.540. The van der Waals surface area contributed by atoms with Crippen LogP contribution in [0.1, 0.15) is 85.5 Å². The molecule has 0 radical (unpaired) electrons. The lowest BCUT2D eigenvalue weighted by molar-refractivity contribution is -0.172. The normalized spacial score (nSPS) is 52.0. The molecule has 0 heterocycles. The van der Waals surface area contributed by atoms with Gasteiger partial charge in [-0.3, -0.25) is 4.79 Å². The van der Waals surface area contributed by atoms with E-state index in [1.807, 2.05) is 6.92 Å². The first-order valence-corrected chi connectivity index (χ1v) is 11.6. The molecule has 0 bridgehead atoms. The van der Waals surface area contributed by atoms with Crippen molar-refractivity contribution in [1.29, 1.82) is 0 Å². The Morgan fingerprint density at radius 1 is 1.07 bits per heavy atom. The smallest absolute Gasteiger partial charge is 0.133 e. The number of carbonyl (C=O) groups excluding carboxylic acids is 1. The number of carbonyl (C=O) groups is 1. The molecule has 0 aliphatic heterocycles. The van der Waals surface area contributed by atoms with Gasteiger partial charge in [0.1, 0.15) is 5.78 Å². The number of hydrogen-bond donors (Lipinski definition) is 1. The van der Waals surface area contributed by atoms with E-state index in [0.29, 0.717) is 23.0 Å². The molecule has 0 saturated heterocycles. The van der Waals surface area contributed by atoms with Crippen LogP contribution in [0.5, 0.6) is 0 Å². The average Bonchev–Trinajstić information content (AvgIpc) is 2.98. The molecule has 9 atom stereocenters. The Labute approximate surface area is 165 Å². The SMILES string of the molecule is CCCOC1C[C@@]2(C)C(CC[C@H]3[C@@H]4CC[C@H](C(C)=O)[C@@]4(C)CC[C@@H]32)CC1O. The minimum Gasteiger partial charge on any atom is -0.390 e. The van der Waals surface area contributed by atoms with Gasteiger partial charge in [0, 0.05) is 12.5 Å². The molecule has 3 heteroatoms. The molecule has 0 amide bonds. The molecule has 4 aliphatic rings. The van der Waals surface area contributed by atoms with Crippen LogP contribution in [0.2, 0.25) is 0 Å². The lowest BCUT2D eigenvalue weighted by Crippen LogP contribution is -2.57. The van der Waals surface area contributed by atoms with E-state index >= 15 is 0 Å². The monoisotopic (exact) mass is 376 g/mol. The summed E-state index contributed by atoms with van der Waals surface area (Å²) in [6, 6.07) is 0. The highest BCUT2D eigenvalue weighted by Crippen LogP contribution is 2.67. The lowest BCUT2D eigenvalue weighted by atomic mass is 9.44. The van der Waals surface area contributed by atoms with Gasteiger partial charge in [0.25, 0.3) is 0 Å². The van der Waals surface area contributed by atoms with Gasteiger partial charge in [-0.05, 0) is 99.2 Å². The van der Waals surface area contributed by atoms with E-state index in [4.69, 9.17) is 4.74 Å². The minimum atomic E-state index is -0.284. The average molecular weight is 377 g/mol. The molecule has 0 aromatic carbocycles. The number of aliphatic hydroxyl groups is 1. The molecule has 3 nitrogen and oxygen atoms in total. The number of aliphatic hydroxyl groups excluding tert-OH is 1. The van der Waals surface area contributed by atoms with Crippen molar-refractivity contribution >= 4 is 5.78 Å². The van der Waals surface area contributed by atoms with Gasteiger partial charge in [-0.25, -0.2) is 0 Å². The molecular weight excluding hydrogens is 336 g/mol. The highest BCUT2D eigenvalue weighted by atomic mass is 16.5. The Bertz CT molecular complexity index is 574. The first-order chi connectivity index (χ1) is 12.8. The van der Waals surface area contributed by atoms with E-state index in [9.17, 15) is 9.90 Å². The maximum Gasteiger partial charge on any atom is 0.133 e. The van der Waals surface area contributed by atoms with Crippen LogP contribution in [0.3, 0.4) is 0 Å². The Hall–Kier alpha value is -0.410. The second-order valence-electron chi connectivity index (χ2n) is 10.9. The first-order valence-electron chi connectivity index (χ1n) is 11.6. The summed E-state index contributed by atoms with van der Waals surface area (Å²) in [5, 5.41) is 10.7. The largest absolute Gasteiger partial charge is 0.390 e. The number of fused-ring (bicyclic) bond motifs is 5. The first kappa shape index (κ1) is 19.9. The van der Waals surface area contributed by atoms with Crippen LogP contribution in [0.4, 0.5) is 0 Å². The van der Waals surface area contributed by atoms with E-state index < -0.39 is 0 Å². The molecule has 27 heavy (non-hydrogen) atoms. The predicted molar refractivity (Wildman–Crippen MR) is 107 cm³/mol. The molecule has 4 fully saturated rings. The summed E-state index contributed by atoms with van der Waals surface area (Å²) < 4.78 is 6.10. The molecule has 1 N–H and O–H groups in total. The quantitative estimate of drug-likeness (QED) is 0.751. The van der Waals surface area contributed by atoms with E-state index in [1.54, 1.807) is 0 Å². The third kappa shape index (κ3) is 3.03. The van der Waals surface area contributed by atoms with E-state index in [1.165, 1.54) is 32.1 Å². The van der Waals surface area contributed by atoms with Crippen LogP contribution < -0.4 is 0 Å². The topological polar surface area (TPSA) is 46.5 Å². The molecule has 0 aromatic rings. The van der Waals surface area contributed by atoms with Crippen molar-refractivity contribution in [3.8, 4) is 0 Å². The highest BCUT2D eigenvalue weighted by molar-refractivity contribution is 5.79. The fourth-order valence-electron chi connectivity index (χ4n) is 8.36. The highest BCUT2D eigenvalue weighted by Gasteiger charge is 2.61. The maximum absolute atomic E-state index is 12.3. The fourth-order valence-corrected chi connectivity index (χ4v) is 8.36. The molecular formula is C24H40O3.